The van der Waals surface area contributed by atoms with E-state index in [0.29, 0.717) is 26.2 Å². The van der Waals surface area contributed by atoms with Crippen molar-refractivity contribution in [3.8, 4) is 0 Å². The SMILES string of the molecule is O=S(=O)(c1ccc(F)c(Cl)c1)N1CCN(c2cccnn2)CC1. The molecule has 0 bridgehead atoms. The lowest BCUT2D eigenvalue weighted by atomic mass is 10.3. The van der Waals surface area contributed by atoms with E-state index in [-0.39, 0.29) is 9.92 Å². The first-order valence-electron chi connectivity index (χ1n) is 6.96. The Hall–Kier alpha value is -1.77. The topological polar surface area (TPSA) is 66.4 Å². The first kappa shape index (κ1) is 16.1. The van der Waals surface area contributed by atoms with Crippen molar-refractivity contribution in [1.29, 1.82) is 0 Å². The Morgan fingerprint density at radius 2 is 1.87 bits per heavy atom. The summed E-state index contributed by atoms with van der Waals surface area (Å²) in [6, 6.07) is 7.04. The summed E-state index contributed by atoms with van der Waals surface area (Å²) in [4.78, 5) is 1.97. The molecule has 1 aliphatic rings. The van der Waals surface area contributed by atoms with Gasteiger partial charge in [0.1, 0.15) is 5.82 Å². The van der Waals surface area contributed by atoms with E-state index in [4.69, 9.17) is 11.6 Å². The van der Waals surface area contributed by atoms with Gasteiger partial charge in [-0.3, -0.25) is 0 Å². The zero-order valence-electron chi connectivity index (χ0n) is 12.1. The molecule has 0 spiro atoms. The predicted molar refractivity (Wildman–Crippen MR) is 84.4 cm³/mol. The van der Waals surface area contributed by atoms with Crippen molar-refractivity contribution < 1.29 is 12.8 Å². The minimum atomic E-state index is -3.69. The van der Waals surface area contributed by atoms with Crippen molar-refractivity contribution in [2.75, 3.05) is 31.1 Å². The first-order valence-corrected chi connectivity index (χ1v) is 8.78. The van der Waals surface area contributed by atoms with Gasteiger partial charge in [0.2, 0.25) is 10.0 Å². The summed E-state index contributed by atoms with van der Waals surface area (Å²) in [5.74, 6) is 0.0764. The number of aromatic nitrogens is 2. The van der Waals surface area contributed by atoms with Crippen LogP contribution in [-0.2, 0) is 10.0 Å². The largest absolute Gasteiger partial charge is 0.352 e. The molecule has 0 amide bonds. The molecule has 0 aliphatic carbocycles. The second-order valence-electron chi connectivity index (χ2n) is 5.05. The molecule has 1 saturated heterocycles. The Labute approximate surface area is 138 Å². The molecule has 9 heteroatoms. The van der Waals surface area contributed by atoms with E-state index in [2.05, 4.69) is 10.2 Å². The number of nitrogens with zero attached hydrogens (tertiary/aromatic N) is 4. The van der Waals surface area contributed by atoms with Crippen molar-refractivity contribution in [2.24, 2.45) is 0 Å². The minimum absolute atomic E-state index is 0.00291. The van der Waals surface area contributed by atoms with Crippen LogP contribution in [0.3, 0.4) is 0 Å². The van der Waals surface area contributed by atoms with Crippen LogP contribution >= 0.6 is 11.6 Å². The Balaban J connectivity index is 1.75. The van der Waals surface area contributed by atoms with Crippen LogP contribution in [0.2, 0.25) is 5.02 Å². The summed E-state index contributed by atoms with van der Waals surface area (Å²) in [5, 5.41) is 7.63. The van der Waals surface area contributed by atoms with Gasteiger partial charge in [-0.2, -0.15) is 9.40 Å². The van der Waals surface area contributed by atoms with Crippen molar-refractivity contribution >= 4 is 27.4 Å². The van der Waals surface area contributed by atoms with Crippen LogP contribution in [0.25, 0.3) is 0 Å². The van der Waals surface area contributed by atoms with Gasteiger partial charge in [-0.25, -0.2) is 12.8 Å². The lowest BCUT2D eigenvalue weighted by molar-refractivity contribution is 0.383. The fourth-order valence-electron chi connectivity index (χ4n) is 2.41. The second-order valence-corrected chi connectivity index (χ2v) is 7.39. The highest BCUT2D eigenvalue weighted by atomic mass is 35.5. The Morgan fingerprint density at radius 1 is 1.13 bits per heavy atom. The van der Waals surface area contributed by atoms with Crippen LogP contribution < -0.4 is 4.90 Å². The molecule has 0 radical (unpaired) electrons. The van der Waals surface area contributed by atoms with Crippen LogP contribution in [0, 0.1) is 5.82 Å². The number of hydrogen-bond acceptors (Lipinski definition) is 5. The maximum absolute atomic E-state index is 13.2. The molecule has 0 unspecified atom stereocenters. The van der Waals surface area contributed by atoms with Crippen molar-refractivity contribution in [2.45, 2.75) is 4.90 Å². The molecular formula is C14H14ClFN4O2S. The number of piperazine rings is 1. The molecule has 1 aliphatic heterocycles. The van der Waals surface area contributed by atoms with Gasteiger partial charge in [-0.15, -0.1) is 5.10 Å². The standard InChI is InChI=1S/C14H14ClFN4O2S/c15-12-10-11(3-4-13(12)16)23(21,22)20-8-6-19(7-9-20)14-2-1-5-17-18-14/h1-5,10H,6-9H2. The van der Waals surface area contributed by atoms with E-state index in [9.17, 15) is 12.8 Å². The first-order chi connectivity index (χ1) is 11.0. The second kappa shape index (κ2) is 6.38. The highest BCUT2D eigenvalue weighted by molar-refractivity contribution is 7.89. The smallest absolute Gasteiger partial charge is 0.243 e. The van der Waals surface area contributed by atoms with Crippen LogP contribution in [0.15, 0.2) is 41.4 Å². The maximum Gasteiger partial charge on any atom is 0.243 e. The molecular weight excluding hydrogens is 343 g/mol. The van der Waals surface area contributed by atoms with Gasteiger partial charge in [0.15, 0.2) is 5.82 Å². The van der Waals surface area contributed by atoms with Crippen molar-refractivity contribution in [3.63, 3.8) is 0 Å². The molecule has 2 aromatic rings. The van der Waals surface area contributed by atoms with Gasteiger partial charge in [0.25, 0.3) is 0 Å². The van der Waals surface area contributed by atoms with E-state index in [0.717, 1.165) is 18.0 Å². The van der Waals surface area contributed by atoms with Gasteiger partial charge in [-0.05, 0) is 30.3 Å². The van der Waals surface area contributed by atoms with Gasteiger partial charge in [-0.1, -0.05) is 11.6 Å². The Bertz CT molecular complexity index is 796. The molecule has 1 fully saturated rings. The fourth-order valence-corrected chi connectivity index (χ4v) is 4.10. The molecule has 2 heterocycles. The summed E-state index contributed by atoms with van der Waals surface area (Å²) in [7, 11) is -3.69. The molecule has 23 heavy (non-hydrogen) atoms. The number of hydrogen-bond donors (Lipinski definition) is 0. The molecule has 0 atom stereocenters. The van der Waals surface area contributed by atoms with Gasteiger partial charge in [0.05, 0.1) is 9.92 Å². The normalized spacial score (nSPS) is 16.5. The van der Waals surface area contributed by atoms with E-state index >= 15 is 0 Å². The highest BCUT2D eigenvalue weighted by Gasteiger charge is 2.29. The molecule has 3 rings (SSSR count). The van der Waals surface area contributed by atoms with E-state index in [1.165, 1.54) is 10.4 Å². The summed E-state index contributed by atoms with van der Waals surface area (Å²) >= 11 is 5.68. The van der Waals surface area contributed by atoms with E-state index < -0.39 is 15.8 Å². The van der Waals surface area contributed by atoms with Crippen LogP contribution in [0.4, 0.5) is 10.2 Å². The Morgan fingerprint density at radius 3 is 2.48 bits per heavy atom. The lowest BCUT2D eigenvalue weighted by Crippen LogP contribution is -2.48. The van der Waals surface area contributed by atoms with Crippen LogP contribution in [0.5, 0.6) is 0 Å². The third-order valence-corrected chi connectivity index (χ3v) is 5.83. The zero-order valence-corrected chi connectivity index (χ0v) is 13.6. The molecule has 1 aromatic heterocycles. The molecule has 122 valence electrons. The third kappa shape index (κ3) is 3.29. The van der Waals surface area contributed by atoms with Crippen molar-refractivity contribution in [1.82, 2.24) is 14.5 Å². The average Bonchev–Trinajstić information content (AvgIpc) is 2.58. The quantitative estimate of drug-likeness (QED) is 0.838. The zero-order chi connectivity index (χ0) is 16.4. The van der Waals surface area contributed by atoms with Gasteiger partial charge < -0.3 is 4.90 Å². The molecule has 0 N–H and O–H groups in total. The lowest BCUT2D eigenvalue weighted by Gasteiger charge is -2.34. The molecule has 1 aromatic carbocycles. The predicted octanol–water partition coefficient (Wildman–Crippen LogP) is 1.78. The number of benzene rings is 1. The summed E-state index contributed by atoms with van der Waals surface area (Å²) < 4.78 is 39.8. The maximum atomic E-state index is 13.2. The Kier molecular flexibility index (Phi) is 4.47. The van der Waals surface area contributed by atoms with Gasteiger partial charge >= 0.3 is 0 Å². The summed E-state index contributed by atoms with van der Waals surface area (Å²) in [6.45, 7) is 1.64. The van der Waals surface area contributed by atoms with E-state index in [1.807, 2.05) is 11.0 Å². The minimum Gasteiger partial charge on any atom is -0.352 e. The number of anilines is 1. The number of sulfonamides is 1. The molecule has 6 nitrogen and oxygen atoms in total. The number of halogens is 2. The highest BCUT2D eigenvalue weighted by Crippen LogP contribution is 2.23. The molecule has 0 saturated carbocycles. The van der Waals surface area contributed by atoms with Crippen molar-refractivity contribution in [3.05, 3.63) is 47.4 Å². The summed E-state index contributed by atoms with van der Waals surface area (Å²) in [5.41, 5.74) is 0. The van der Waals surface area contributed by atoms with Crippen LogP contribution in [-0.4, -0.2) is 49.1 Å². The average molecular weight is 357 g/mol. The van der Waals surface area contributed by atoms with E-state index in [1.54, 1.807) is 12.3 Å². The third-order valence-electron chi connectivity index (χ3n) is 3.65. The summed E-state index contributed by atoms with van der Waals surface area (Å²) in [6.07, 6.45) is 1.59. The van der Waals surface area contributed by atoms with Gasteiger partial charge in [0, 0.05) is 32.4 Å². The number of rotatable bonds is 3. The monoisotopic (exact) mass is 356 g/mol. The fraction of sp³-hybridized carbons (Fsp3) is 0.286. The van der Waals surface area contributed by atoms with Crippen LogP contribution in [0.1, 0.15) is 0 Å².